The van der Waals surface area contributed by atoms with Crippen molar-refractivity contribution in [2.45, 2.75) is 38.6 Å². The highest BCUT2D eigenvalue weighted by molar-refractivity contribution is 5.91. The first-order valence-electron chi connectivity index (χ1n) is 7.90. The van der Waals surface area contributed by atoms with Gasteiger partial charge in [0.2, 0.25) is 0 Å². The fourth-order valence-corrected chi connectivity index (χ4v) is 3.05. The molecule has 1 aromatic heterocycles. The molecule has 0 aliphatic heterocycles. The molecule has 0 saturated heterocycles. The predicted octanol–water partition coefficient (Wildman–Crippen LogP) is 3.57. The van der Waals surface area contributed by atoms with E-state index in [9.17, 15) is 4.79 Å². The zero-order chi connectivity index (χ0) is 15.4. The number of urea groups is 1. The van der Waals surface area contributed by atoms with Crippen LogP contribution in [0.3, 0.4) is 0 Å². The molecular weight excluding hydrogens is 276 g/mol. The zero-order valence-corrected chi connectivity index (χ0v) is 12.8. The van der Waals surface area contributed by atoms with E-state index in [4.69, 9.17) is 0 Å². The second-order valence-electron chi connectivity index (χ2n) is 5.93. The number of amides is 2. The number of aromatic nitrogens is 2. The van der Waals surface area contributed by atoms with E-state index in [0.29, 0.717) is 5.92 Å². The minimum Gasteiger partial charge on any atom is -0.335 e. The Hall–Kier alpha value is -2.30. The summed E-state index contributed by atoms with van der Waals surface area (Å²) >= 11 is 0. The number of anilines is 1. The monoisotopic (exact) mass is 298 g/mol. The molecule has 3 rings (SSSR count). The van der Waals surface area contributed by atoms with Gasteiger partial charge >= 0.3 is 6.03 Å². The van der Waals surface area contributed by atoms with Gasteiger partial charge in [-0.3, -0.25) is 0 Å². The van der Waals surface area contributed by atoms with Crippen LogP contribution in [0.2, 0.25) is 0 Å². The van der Waals surface area contributed by atoms with E-state index in [1.165, 1.54) is 19.3 Å². The van der Waals surface area contributed by atoms with Gasteiger partial charge in [-0.15, -0.1) is 0 Å². The van der Waals surface area contributed by atoms with Crippen molar-refractivity contribution in [2.75, 3.05) is 5.32 Å². The van der Waals surface area contributed by atoms with E-state index < -0.39 is 0 Å². The van der Waals surface area contributed by atoms with Crippen LogP contribution in [0.4, 0.5) is 10.5 Å². The van der Waals surface area contributed by atoms with Crippen LogP contribution in [0.15, 0.2) is 42.7 Å². The van der Waals surface area contributed by atoms with Crippen molar-refractivity contribution in [1.29, 1.82) is 0 Å². The molecule has 0 radical (unpaired) electrons. The molecular formula is C17H22N4O. The van der Waals surface area contributed by atoms with Crippen LogP contribution in [0.25, 0.3) is 5.69 Å². The summed E-state index contributed by atoms with van der Waals surface area (Å²) in [6.45, 7) is 2.21. The van der Waals surface area contributed by atoms with Crippen LogP contribution < -0.4 is 10.6 Å². The molecule has 1 saturated carbocycles. The topological polar surface area (TPSA) is 59.0 Å². The molecule has 1 aliphatic carbocycles. The van der Waals surface area contributed by atoms with Crippen LogP contribution in [0, 0.1) is 5.92 Å². The van der Waals surface area contributed by atoms with Crippen molar-refractivity contribution in [1.82, 2.24) is 15.1 Å². The first-order chi connectivity index (χ1) is 10.7. The molecule has 1 aromatic carbocycles. The summed E-state index contributed by atoms with van der Waals surface area (Å²) < 4.78 is 1.75. The second-order valence-corrected chi connectivity index (χ2v) is 5.93. The lowest BCUT2D eigenvalue weighted by atomic mass is 9.86. The highest BCUT2D eigenvalue weighted by Crippen LogP contribution is 2.24. The quantitative estimate of drug-likeness (QED) is 0.910. The largest absolute Gasteiger partial charge is 0.335 e. The summed E-state index contributed by atoms with van der Waals surface area (Å²) in [5.74, 6) is 0.542. The number of nitrogens with zero attached hydrogens (tertiary/aromatic N) is 2. The molecule has 22 heavy (non-hydrogen) atoms. The van der Waals surface area contributed by atoms with Crippen molar-refractivity contribution in [3.8, 4) is 5.69 Å². The van der Waals surface area contributed by atoms with Gasteiger partial charge in [0.1, 0.15) is 0 Å². The Morgan fingerprint density at radius 3 is 2.82 bits per heavy atom. The summed E-state index contributed by atoms with van der Waals surface area (Å²) in [5.41, 5.74) is 1.62. The fourth-order valence-electron chi connectivity index (χ4n) is 3.05. The van der Waals surface area contributed by atoms with Crippen LogP contribution in [0.5, 0.6) is 0 Å². The number of carbonyl (C=O) groups is 1. The third-order valence-electron chi connectivity index (χ3n) is 4.33. The van der Waals surface area contributed by atoms with Crippen molar-refractivity contribution in [3.63, 3.8) is 0 Å². The molecule has 2 atom stereocenters. The van der Waals surface area contributed by atoms with Gasteiger partial charge in [0.25, 0.3) is 0 Å². The Morgan fingerprint density at radius 2 is 2.05 bits per heavy atom. The molecule has 0 bridgehead atoms. The fraction of sp³-hybridized carbons (Fsp3) is 0.412. The lowest BCUT2D eigenvalue weighted by Crippen LogP contribution is -2.43. The molecule has 1 fully saturated rings. The number of rotatable bonds is 3. The Balaban J connectivity index is 1.69. The van der Waals surface area contributed by atoms with E-state index >= 15 is 0 Å². The molecule has 1 heterocycles. The minimum absolute atomic E-state index is 0.140. The first kappa shape index (κ1) is 14.6. The standard InChI is InChI=1S/C17H22N4O/c1-13-7-2-3-8-14(13)19-17(22)20-15-9-4-5-10-16(15)21-12-6-11-18-21/h4-6,9-14H,2-3,7-8H2,1H3,(H2,19,20,22)/t13-,14+/m0/s1. The van der Waals surface area contributed by atoms with Gasteiger partial charge in [-0.2, -0.15) is 5.10 Å². The van der Waals surface area contributed by atoms with Gasteiger partial charge in [-0.1, -0.05) is 31.9 Å². The third kappa shape index (κ3) is 3.30. The number of nitrogens with one attached hydrogen (secondary N) is 2. The van der Waals surface area contributed by atoms with Crippen LogP contribution in [0.1, 0.15) is 32.6 Å². The maximum Gasteiger partial charge on any atom is 0.319 e. The minimum atomic E-state index is -0.140. The molecule has 2 N–H and O–H groups in total. The highest BCUT2D eigenvalue weighted by atomic mass is 16.2. The van der Waals surface area contributed by atoms with Gasteiger partial charge in [-0.05, 0) is 37.0 Å². The normalized spacial score (nSPS) is 21.3. The molecule has 2 amide bonds. The van der Waals surface area contributed by atoms with E-state index in [0.717, 1.165) is 17.8 Å². The molecule has 0 spiro atoms. The lowest BCUT2D eigenvalue weighted by Gasteiger charge is -2.29. The van der Waals surface area contributed by atoms with E-state index in [1.807, 2.05) is 36.5 Å². The maximum absolute atomic E-state index is 12.3. The lowest BCUT2D eigenvalue weighted by molar-refractivity contribution is 0.232. The van der Waals surface area contributed by atoms with Gasteiger partial charge in [0.15, 0.2) is 0 Å². The number of hydrogen-bond donors (Lipinski definition) is 2. The summed E-state index contributed by atoms with van der Waals surface area (Å²) in [6.07, 6.45) is 8.30. The van der Waals surface area contributed by atoms with Gasteiger partial charge < -0.3 is 10.6 Å². The zero-order valence-electron chi connectivity index (χ0n) is 12.8. The Bertz CT molecular complexity index is 623. The van der Waals surface area contributed by atoms with Crippen molar-refractivity contribution in [2.24, 2.45) is 5.92 Å². The van der Waals surface area contributed by atoms with E-state index in [-0.39, 0.29) is 12.1 Å². The predicted molar refractivity (Wildman–Crippen MR) is 87.1 cm³/mol. The molecule has 116 valence electrons. The number of hydrogen-bond acceptors (Lipinski definition) is 2. The van der Waals surface area contributed by atoms with Crippen molar-refractivity contribution >= 4 is 11.7 Å². The third-order valence-corrected chi connectivity index (χ3v) is 4.33. The smallest absolute Gasteiger partial charge is 0.319 e. The van der Waals surface area contributed by atoms with Gasteiger partial charge in [0.05, 0.1) is 11.4 Å². The first-order valence-corrected chi connectivity index (χ1v) is 7.90. The van der Waals surface area contributed by atoms with Crippen molar-refractivity contribution in [3.05, 3.63) is 42.7 Å². The van der Waals surface area contributed by atoms with Crippen LogP contribution in [-0.4, -0.2) is 21.9 Å². The number of benzene rings is 1. The average molecular weight is 298 g/mol. The summed E-state index contributed by atoms with van der Waals surface area (Å²) in [6, 6.07) is 9.66. The van der Waals surface area contributed by atoms with Crippen molar-refractivity contribution < 1.29 is 4.79 Å². The average Bonchev–Trinajstić information content (AvgIpc) is 3.04. The summed E-state index contributed by atoms with van der Waals surface area (Å²) in [4.78, 5) is 12.3. The Labute approximate surface area is 130 Å². The summed E-state index contributed by atoms with van der Waals surface area (Å²) in [7, 11) is 0. The maximum atomic E-state index is 12.3. The van der Waals surface area contributed by atoms with Gasteiger partial charge in [0, 0.05) is 18.4 Å². The Morgan fingerprint density at radius 1 is 1.23 bits per heavy atom. The van der Waals surface area contributed by atoms with Crippen LogP contribution in [-0.2, 0) is 0 Å². The molecule has 1 aliphatic rings. The van der Waals surface area contributed by atoms with E-state index in [2.05, 4.69) is 22.7 Å². The molecule has 5 heteroatoms. The molecule has 2 aromatic rings. The highest BCUT2D eigenvalue weighted by Gasteiger charge is 2.23. The van der Waals surface area contributed by atoms with Crippen LogP contribution >= 0.6 is 0 Å². The second kappa shape index (κ2) is 6.64. The SMILES string of the molecule is C[C@H]1CCCC[C@H]1NC(=O)Nc1ccccc1-n1cccn1. The number of para-hydroxylation sites is 2. The van der Waals surface area contributed by atoms with Gasteiger partial charge in [-0.25, -0.2) is 9.48 Å². The number of carbonyl (C=O) groups excluding carboxylic acids is 1. The van der Waals surface area contributed by atoms with E-state index in [1.54, 1.807) is 10.9 Å². The summed E-state index contributed by atoms with van der Waals surface area (Å²) in [5, 5.41) is 10.3. The Kier molecular flexibility index (Phi) is 4.42. The molecule has 0 unspecified atom stereocenters. The molecule has 5 nitrogen and oxygen atoms in total.